The van der Waals surface area contributed by atoms with Crippen molar-refractivity contribution in [1.82, 2.24) is 10.6 Å². The van der Waals surface area contributed by atoms with Crippen molar-refractivity contribution in [3.8, 4) is 0 Å². The third kappa shape index (κ3) is 5.19. The molecule has 3 unspecified atom stereocenters. The molecule has 1 aliphatic heterocycles. The van der Waals surface area contributed by atoms with Crippen LogP contribution in [0.4, 0.5) is 5.69 Å². The van der Waals surface area contributed by atoms with Gasteiger partial charge in [0.25, 0.3) is 0 Å². The van der Waals surface area contributed by atoms with Gasteiger partial charge in [-0.25, -0.2) is 0 Å². The predicted octanol–water partition coefficient (Wildman–Crippen LogP) is 3.15. The Hall–Kier alpha value is -1.11. The fraction of sp³-hybridized carbons (Fsp3) is 0.556. The zero-order valence-electron chi connectivity index (χ0n) is 14.3. The van der Waals surface area contributed by atoms with Crippen molar-refractivity contribution in [3.05, 3.63) is 28.2 Å². The Morgan fingerprint density at radius 2 is 2.04 bits per heavy atom. The first-order chi connectivity index (χ1) is 11.5. The molecule has 3 N–H and O–H groups in total. The van der Waals surface area contributed by atoms with E-state index in [1.165, 1.54) is 19.3 Å². The standard InChI is InChI=1S/C18H24BrN3O2.ClH/c1-11-8-13(19)6-7-14(11)22-17(23)10-20-18(24)16-9-12-4-2-3-5-15(12)21-16;/h6-8,12,15-16,21H,2-5,9-10H2,1H3,(H,20,24)(H,22,23);1H. The zero-order chi connectivity index (χ0) is 17.1. The molecule has 0 spiro atoms. The molecule has 2 aliphatic rings. The quantitative estimate of drug-likeness (QED) is 0.687. The molecule has 1 saturated heterocycles. The summed E-state index contributed by atoms with van der Waals surface area (Å²) in [5.74, 6) is 0.352. The second kappa shape index (κ2) is 9.01. The lowest BCUT2D eigenvalue weighted by molar-refractivity contribution is -0.125. The summed E-state index contributed by atoms with van der Waals surface area (Å²) in [5.41, 5.74) is 1.74. The minimum absolute atomic E-state index is 0. The fourth-order valence-electron chi connectivity index (χ4n) is 3.77. The van der Waals surface area contributed by atoms with Crippen LogP contribution in [-0.4, -0.2) is 30.4 Å². The van der Waals surface area contributed by atoms with Gasteiger partial charge in [-0.15, -0.1) is 12.4 Å². The molecule has 0 bridgehead atoms. The van der Waals surface area contributed by atoms with E-state index < -0.39 is 0 Å². The highest BCUT2D eigenvalue weighted by atomic mass is 79.9. The molecular weight excluding hydrogens is 406 g/mol. The molecule has 0 aromatic heterocycles. The molecule has 7 heteroatoms. The smallest absolute Gasteiger partial charge is 0.243 e. The average molecular weight is 431 g/mol. The zero-order valence-corrected chi connectivity index (χ0v) is 16.7. The maximum absolute atomic E-state index is 12.3. The molecule has 1 heterocycles. The Bertz CT molecular complexity index is 627. The van der Waals surface area contributed by atoms with E-state index in [4.69, 9.17) is 0 Å². The lowest BCUT2D eigenvalue weighted by Gasteiger charge is -2.24. The van der Waals surface area contributed by atoms with Gasteiger partial charge in [0.2, 0.25) is 11.8 Å². The summed E-state index contributed by atoms with van der Waals surface area (Å²) in [7, 11) is 0. The number of rotatable bonds is 4. The van der Waals surface area contributed by atoms with E-state index in [0.717, 1.165) is 28.6 Å². The van der Waals surface area contributed by atoms with Gasteiger partial charge in [-0.3, -0.25) is 9.59 Å². The first-order valence-electron chi connectivity index (χ1n) is 8.62. The summed E-state index contributed by atoms with van der Waals surface area (Å²) in [6.45, 7) is 1.94. The Kier molecular flexibility index (Phi) is 7.28. The van der Waals surface area contributed by atoms with E-state index in [1.807, 2.05) is 25.1 Å². The highest BCUT2D eigenvalue weighted by Gasteiger charge is 2.38. The van der Waals surface area contributed by atoms with Gasteiger partial charge < -0.3 is 16.0 Å². The number of aryl methyl sites for hydroxylation is 1. The lowest BCUT2D eigenvalue weighted by atomic mass is 9.85. The topological polar surface area (TPSA) is 70.2 Å². The van der Waals surface area contributed by atoms with Crippen LogP contribution in [-0.2, 0) is 9.59 Å². The maximum Gasteiger partial charge on any atom is 0.243 e. The van der Waals surface area contributed by atoms with Gasteiger partial charge in [-0.1, -0.05) is 28.8 Å². The van der Waals surface area contributed by atoms with Crippen LogP contribution in [0.2, 0.25) is 0 Å². The molecule has 25 heavy (non-hydrogen) atoms. The molecule has 5 nitrogen and oxygen atoms in total. The number of hydrogen-bond acceptors (Lipinski definition) is 3. The molecule has 2 fully saturated rings. The number of benzene rings is 1. The van der Waals surface area contributed by atoms with Crippen LogP contribution in [0.15, 0.2) is 22.7 Å². The van der Waals surface area contributed by atoms with Crippen LogP contribution >= 0.6 is 28.3 Å². The third-order valence-corrected chi connectivity index (χ3v) is 5.56. The number of fused-ring (bicyclic) bond motifs is 1. The predicted molar refractivity (Wildman–Crippen MR) is 105 cm³/mol. The first-order valence-corrected chi connectivity index (χ1v) is 9.42. The van der Waals surface area contributed by atoms with Gasteiger partial charge in [0, 0.05) is 16.2 Å². The SMILES string of the molecule is Cc1cc(Br)ccc1NC(=O)CNC(=O)C1CC2CCCCC2N1.Cl. The number of anilines is 1. The van der Waals surface area contributed by atoms with Crippen LogP contribution in [0.3, 0.4) is 0 Å². The molecule has 1 aromatic rings. The van der Waals surface area contributed by atoms with Crippen LogP contribution in [0.1, 0.15) is 37.7 Å². The van der Waals surface area contributed by atoms with Crippen molar-refractivity contribution in [1.29, 1.82) is 0 Å². The van der Waals surface area contributed by atoms with Gasteiger partial charge in [0.05, 0.1) is 12.6 Å². The largest absolute Gasteiger partial charge is 0.346 e. The number of nitrogens with one attached hydrogen (secondary N) is 3. The molecule has 0 radical (unpaired) electrons. The first kappa shape index (κ1) is 20.2. The van der Waals surface area contributed by atoms with E-state index in [1.54, 1.807) is 0 Å². The highest BCUT2D eigenvalue weighted by Crippen LogP contribution is 2.33. The van der Waals surface area contributed by atoms with E-state index in [-0.39, 0.29) is 36.8 Å². The van der Waals surface area contributed by atoms with Gasteiger partial charge in [-0.05, 0) is 55.9 Å². The Labute approximate surface area is 163 Å². The summed E-state index contributed by atoms with van der Waals surface area (Å²) in [6.07, 6.45) is 5.79. The minimum Gasteiger partial charge on any atom is -0.346 e. The van der Waals surface area contributed by atoms with Crippen molar-refractivity contribution in [2.45, 2.75) is 51.1 Å². The van der Waals surface area contributed by atoms with Crippen molar-refractivity contribution < 1.29 is 9.59 Å². The van der Waals surface area contributed by atoms with Gasteiger partial charge in [0.1, 0.15) is 0 Å². The molecule has 1 aliphatic carbocycles. The van der Waals surface area contributed by atoms with E-state index in [0.29, 0.717) is 12.0 Å². The number of carbonyl (C=O) groups excluding carboxylic acids is 2. The van der Waals surface area contributed by atoms with Crippen LogP contribution < -0.4 is 16.0 Å². The number of amides is 2. The summed E-state index contributed by atoms with van der Waals surface area (Å²) < 4.78 is 0.972. The van der Waals surface area contributed by atoms with Crippen LogP contribution in [0.5, 0.6) is 0 Å². The van der Waals surface area contributed by atoms with E-state index in [2.05, 4.69) is 31.9 Å². The highest BCUT2D eigenvalue weighted by molar-refractivity contribution is 9.10. The lowest BCUT2D eigenvalue weighted by Crippen LogP contribution is -2.45. The van der Waals surface area contributed by atoms with Crippen LogP contribution in [0.25, 0.3) is 0 Å². The monoisotopic (exact) mass is 429 g/mol. The minimum atomic E-state index is -0.204. The summed E-state index contributed by atoms with van der Waals surface area (Å²) in [4.78, 5) is 24.4. The Morgan fingerprint density at radius 3 is 2.76 bits per heavy atom. The molecule has 1 aromatic carbocycles. The fourth-order valence-corrected chi connectivity index (χ4v) is 4.25. The summed E-state index contributed by atoms with van der Waals surface area (Å²) >= 11 is 3.40. The Morgan fingerprint density at radius 1 is 1.28 bits per heavy atom. The third-order valence-electron chi connectivity index (χ3n) is 5.06. The maximum atomic E-state index is 12.3. The van der Waals surface area contributed by atoms with Crippen molar-refractivity contribution >= 4 is 45.8 Å². The van der Waals surface area contributed by atoms with Crippen molar-refractivity contribution in [2.75, 3.05) is 11.9 Å². The normalized spacial score (nSPS) is 24.8. The van der Waals surface area contributed by atoms with Crippen molar-refractivity contribution in [2.24, 2.45) is 5.92 Å². The second-order valence-electron chi connectivity index (χ2n) is 6.83. The molecule has 3 atom stereocenters. The molecule has 1 saturated carbocycles. The molecule has 138 valence electrons. The molecular formula is C18H25BrClN3O2. The number of carbonyl (C=O) groups is 2. The van der Waals surface area contributed by atoms with Crippen LogP contribution in [0, 0.1) is 12.8 Å². The van der Waals surface area contributed by atoms with Gasteiger partial charge >= 0.3 is 0 Å². The number of halogens is 2. The van der Waals surface area contributed by atoms with E-state index >= 15 is 0 Å². The average Bonchev–Trinajstić information content (AvgIpc) is 2.99. The molecule has 3 rings (SSSR count). The summed E-state index contributed by atoms with van der Waals surface area (Å²) in [5, 5.41) is 9.03. The van der Waals surface area contributed by atoms with Gasteiger partial charge in [0.15, 0.2) is 0 Å². The number of hydrogen-bond donors (Lipinski definition) is 3. The van der Waals surface area contributed by atoms with Crippen molar-refractivity contribution in [3.63, 3.8) is 0 Å². The Balaban J connectivity index is 0.00000225. The summed E-state index contributed by atoms with van der Waals surface area (Å²) in [6, 6.07) is 6.00. The van der Waals surface area contributed by atoms with E-state index in [9.17, 15) is 9.59 Å². The second-order valence-corrected chi connectivity index (χ2v) is 7.75. The molecule has 2 amide bonds. The van der Waals surface area contributed by atoms with Gasteiger partial charge in [-0.2, -0.15) is 0 Å².